The van der Waals surface area contributed by atoms with Crippen LogP contribution in [0.25, 0.3) is 21.7 Å². The third-order valence-electron chi connectivity index (χ3n) is 5.87. The quantitative estimate of drug-likeness (QED) is 0.149. The molecule has 5 aromatic rings. The van der Waals surface area contributed by atoms with Gasteiger partial charge in [-0.15, -0.1) is 0 Å². The van der Waals surface area contributed by atoms with Crippen LogP contribution in [-0.4, -0.2) is 17.8 Å². The van der Waals surface area contributed by atoms with Gasteiger partial charge in [0.25, 0.3) is 0 Å². The van der Waals surface area contributed by atoms with E-state index in [1.165, 1.54) is 5.56 Å². The van der Waals surface area contributed by atoms with Gasteiger partial charge in [-0.05, 0) is 48.7 Å². The summed E-state index contributed by atoms with van der Waals surface area (Å²) in [6, 6.07) is 34.7. The first-order valence-electron chi connectivity index (χ1n) is 12.6. The number of hydrazone groups is 1. The van der Waals surface area contributed by atoms with Gasteiger partial charge >= 0.3 is 0 Å². The van der Waals surface area contributed by atoms with Gasteiger partial charge in [0.1, 0.15) is 6.61 Å². The largest absolute Gasteiger partial charge is 0.490 e. The molecule has 5 rings (SSSR count). The Morgan fingerprint density at radius 3 is 2.29 bits per heavy atom. The van der Waals surface area contributed by atoms with Crippen molar-refractivity contribution >= 4 is 22.7 Å². The van der Waals surface area contributed by atoms with Crippen LogP contribution in [0.4, 0.5) is 5.13 Å². The van der Waals surface area contributed by atoms with E-state index in [1.807, 2.05) is 73.7 Å². The minimum absolute atomic E-state index is 0.479. The molecule has 0 aliphatic carbocycles. The summed E-state index contributed by atoms with van der Waals surface area (Å²) in [6.45, 7) is 5.07. The highest BCUT2D eigenvalue weighted by molar-refractivity contribution is 7.19. The van der Waals surface area contributed by atoms with E-state index in [0.717, 1.165) is 38.0 Å². The summed E-state index contributed by atoms with van der Waals surface area (Å²) in [5.41, 5.74) is 9.49. The van der Waals surface area contributed by atoms with Crippen LogP contribution in [0.2, 0.25) is 0 Å². The van der Waals surface area contributed by atoms with Gasteiger partial charge in [-0.25, -0.2) is 4.98 Å². The van der Waals surface area contributed by atoms with Gasteiger partial charge in [-0.1, -0.05) is 102 Å². The lowest BCUT2D eigenvalue weighted by molar-refractivity contribution is 0.269. The molecular weight excluding hydrogens is 490 g/mol. The predicted octanol–water partition coefficient (Wildman–Crippen LogP) is 8.21. The second-order valence-corrected chi connectivity index (χ2v) is 9.71. The zero-order valence-electron chi connectivity index (χ0n) is 21.4. The first-order chi connectivity index (χ1) is 18.7. The first-order valence-corrected chi connectivity index (χ1v) is 13.4. The van der Waals surface area contributed by atoms with Gasteiger partial charge in [-0.3, -0.25) is 5.43 Å². The van der Waals surface area contributed by atoms with Crippen LogP contribution in [0, 0.1) is 6.92 Å². The van der Waals surface area contributed by atoms with Crippen LogP contribution >= 0.6 is 11.3 Å². The normalized spacial score (nSPS) is 11.0. The maximum atomic E-state index is 6.02. The number of hydrogen-bond acceptors (Lipinski definition) is 6. The molecule has 38 heavy (non-hydrogen) atoms. The van der Waals surface area contributed by atoms with Crippen LogP contribution in [-0.2, 0) is 6.61 Å². The molecule has 1 aromatic heterocycles. The van der Waals surface area contributed by atoms with E-state index in [4.69, 9.17) is 14.5 Å². The third kappa shape index (κ3) is 6.28. The van der Waals surface area contributed by atoms with Crippen molar-refractivity contribution in [2.75, 3.05) is 12.0 Å². The van der Waals surface area contributed by atoms with Crippen molar-refractivity contribution in [2.45, 2.75) is 20.5 Å². The lowest BCUT2D eigenvalue weighted by Gasteiger charge is -2.12. The highest BCUT2D eigenvalue weighted by Gasteiger charge is 2.15. The molecule has 0 amide bonds. The van der Waals surface area contributed by atoms with Crippen molar-refractivity contribution in [2.24, 2.45) is 5.10 Å². The smallest absolute Gasteiger partial charge is 0.204 e. The molecule has 0 radical (unpaired) electrons. The van der Waals surface area contributed by atoms with E-state index in [9.17, 15) is 0 Å². The molecule has 0 bridgehead atoms. The average Bonchev–Trinajstić information content (AvgIpc) is 3.38. The molecule has 1 N–H and O–H groups in total. The molecule has 0 fully saturated rings. The Morgan fingerprint density at radius 2 is 1.55 bits per heavy atom. The maximum Gasteiger partial charge on any atom is 0.204 e. The molecule has 0 unspecified atom stereocenters. The predicted molar refractivity (Wildman–Crippen MR) is 157 cm³/mol. The van der Waals surface area contributed by atoms with Gasteiger partial charge < -0.3 is 9.47 Å². The highest BCUT2D eigenvalue weighted by atomic mass is 32.1. The monoisotopic (exact) mass is 519 g/mol. The van der Waals surface area contributed by atoms with E-state index < -0.39 is 0 Å². The zero-order valence-corrected chi connectivity index (χ0v) is 22.2. The summed E-state index contributed by atoms with van der Waals surface area (Å²) in [5, 5.41) is 5.19. The van der Waals surface area contributed by atoms with Gasteiger partial charge in [-0.2, -0.15) is 5.10 Å². The fourth-order valence-electron chi connectivity index (χ4n) is 3.95. The van der Waals surface area contributed by atoms with Gasteiger partial charge in [0.15, 0.2) is 11.5 Å². The van der Waals surface area contributed by atoms with Crippen molar-refractivity contribution in [3.63, 3.8) is 0 Å². The van der Waals surface area contributed by atoms with Crippen LogP contribution in [0.15, 0.2) is 108 Å². The summed E-state index contributed by atoms with van der Waals surface area (Å²) in [6.07, 6.45) is 1.76. The molecule has 0 saturated carbocycles. The highest BCUT2D eigenvalue weighted by Crippen LogP contribution is 2.39. The third-order valence-corrected chi connectivity index (χ3v) is 6.88. The summed E-state index contributed by atoms with van der Waals surface area (Å²) < 4.78 is 11.9. The molecule has 6 heteroatoms. The SMILES string of the molecule is CCOc1cc(/C=N\Nc2nc(-c3ccc(C)cc3)c(-c3ccccc3)s2)ccc1OCc1ccccc1. The minimum Gasteiger partial charge on any atom is -0.490 e. The Hall–Kier alpha value is -4.42. The standard InChI is InChI=1S/C32H29N3O2S/c1-3-36-29-20-25(16-19-28(29)37-22-24-10-6-4-7-11-24)21-33-35-32-34-30(26-17-14-23(2)15-18-26)31(38-32)27-12-8-5-9-13-27/h4-21H,3,22H2,1-2H3,(H,34,35)/b33-21-. The molecular formula is C32H29N3O2S. The maximum absolute atomic E-state index is 6.02. The Labute approximate surface area is 227 Å². The Bertz CT molecular complexity index is 1500. The second-order valence-electron chi connectivity index (χ2n) is 8.71. The lowest BCUT2D eigenvalue weighted by Crippen LogP contribution is -2.00. The molecule has 4 aromatic carbocycles. The number of aryl methyl sites for hydroxylation is 1. The number of benzene rings is 4. The zero-order chi connectivity index (χ0) is 26.2. The average molecular weight is 520 g/mol. The second kappa shape index (κ2) is 12.2. The number of anilines is 1. The minimum atomic E-state index is 0.479. The summed E-state index contributed by atoms with van der Waals surface area (Å²) >= 11 is 1.58. The molecule has 0 saturated heterocycles. The van der Waals surface area contributed by atoms with Crippen molar-refractivity contribution in [1.82, 2.24) is 4.98 Å². The van der Waals surface area contributed by atoms with Crippen LogP contribution in [0.3, 0.4) is 0 Å². The summed E-state index contributed by atoms with van der Waals surface area (Å²) in [4.78, 5) is 5.98. The topological polar surface area (TPSA) is 55.7 Å². The number of nitrogens with one attached hydrogen (secondary N) is 1. The van der Waals surface area contributed by atoms with E-state index >= 15 is 0 Å². The van der Waals surface area contributed by atoms with Gasteiger partial charge in [0, 0.05) is 5.56 Å². The number of ether oxygens (including phenoxy) is 2. The molecule has 1 heterocycles. The fraction of sp³-hybridized carbons (Fsp3) is 0.125. The number of thiazole rings is 1. The Balaban J connectivity index is 1.34. The van der Waals surface area contributed by atoms with Crippen molar-refractivity contribution in [3.05, 3.63) is 120 Å². The van der Waals surface area contributed by atoms with E-state index in [2.05, 4.69) is 53.8 Å². The Kier molecular flexibility index (Phi) is 8.11. The van der Waals surface area contributed by atoms with Crippen molar-refractivity contribution in [1.29, 1.82) is 0 Å². The van der Waals surface area contributed by atoms with Crippen LogP contribution in [0.5, 0.6) is 11.5 Å². The van der Waals surface area contributed by atoms with Crippen LogP contribution in [0.1, 0.15) is 23.6 Å². The van der Waals surface area contributed by atoms with Crippen LogP contribution < -0.4 is 14.9 Å². The molecule has 0 aliphatic rings. The van der Waals surface area contributed by atoms with E-state index in [0.29, 0.717) is 24.7 Å². The fourth-order valence-corrected chi connectivity index (χ4v) is 4.89. The number of hydrogen-bond donors (Lipinski definition) is 1. The number of rotatable bonds is 10. The summed E-state index contributed by atoms with van der Waals surface area (Å²) in [7, 11) is 0. The Morgan fingerprint density at radius 1 is 0.816 bits per heavy atom. The number of aromatic nitrogens is 1. The molecule has 190 valence electrons. The molecule has 5 nitrogen and oxygen atoms in total. The summed E-state index contributed by atoms with van der Waals surface area (Å²) in [5.74, 6) is 1.39. The van der Waals surface area contributed by atoms with E-state index in [1.54, 1.807) is 17.6 Å². The van der Waals surface area contributed by atoms with E-state index in [-0.39, 0.29) is 0 Å². The number of nitrogens with zero attached hydrogens (tertiary/aromatic N) is 2. The van der Waals surface area contributed by atoms with Crippen molar-refractivity contribution < 1.29 is 9.47 Å². The first kappa shape index (κ1) is 25.2. The molecule has 0 aliphatic heterocycles. The van der Waals surface area contributed by atoms with Crippen molar-refractivity contribution in [3.8, 4) is 33.2 Å². The van der Waals surface area contributed by atoms with Gasteiger partial charge in [0.2, 0.25) is 5.13 Å². The lowest BCUT2D eigenvalue weighted by atomic mass is 10.1. The van der Waals surface area contributed by atoms with Gasteiger partial charge in [0.05, 0.1) is 23.4 Å². The molecule has 0 spiro atoms. The molecule has 0 atom stereocenters.